The number of sulfonamides is 1. The lowest BCUT2D eigenvalue weighted by molar-refractivity contribution is -0.139. The second-order valence-corrected chi connectivity index (χ2v) is 11.7. The summed E-state index contributed by atoms with van der Waals surface area (Å²) in [6.07, 6.45) is 0. The third kappa shape index (κ3) is 7.97. The molecule has 3 aromatic carbocycles. The zero-order chi connectivity index (χ0) is 30.2. The Morgan fingerprint density at radius 3 is 2.17 bits per heavy atom. The summed E-state index contributed by atoms with van der Waals surface area (Å²) in [5, 5.41) is 2.83. The van der Waals surface area contributed by atoms with Crippen LogP contribution in [0.2, 0.25) is 0 Å². The number of rotatable bonds is 13. The van der Waals surface area contributed by atoms with Crippen LogP contribution in [0.5, 0.6) is 11.5 Å². The summed E-state index contributed by atoms with van der Waals surface area (Å²) in [5.74, 6) is -0.757. The van der Waals surface area contributed by atoms with Crippen molar-refractivity contribution in [2.24, 2.45) is 5.92 Å². The van der Waals surface area contributed by atoms with Gasteiger partial charge in [0.05, 0.1) is 24.8 Å². The van der Waals surface area contributed by atoms with Crippen molar-refractivity contribution in [3.8, 4) is 11.5 Å². The van der Waals surface area contributed by atoms with E-state index in [1.54, 1.807) is 37.3 Å². The first kappa shape index (κ1) is 31.4. The van der Waals surface area contributed by atoms with Crippen LogP contribution < -0.4 is 19.1 Å². The number of hydrogen-bond donors (Lipinski definition) is 1. The van der Waals surface area contributed by atoms with Crippen molar-refractivity contribution in [2.45, 2.75) is 38.3 Å². The molecule has 0 aliphatic rings. The van der Waals surface area contributed by atoms with Crippen molar-refractivity contribution >= 4 is 27.5 Å². The van der Waals surface area contributed by atoms with Gasteiger partial charge in [-0.3, -0.25) is 13.9 Å². The first-order chi connectivity index (χ1) is 19.5. The van der Waals surface area contributed by atoms with E-state index < -0.39 is 40.2 Å². The van der Waals surface area contributed by atoms with E-state index in [4.69, 9.17) is 9.47 Å². The fourth-order valence-electron chi connectivity index (χ4n) is 4.05. The molecule has 0 aromatic heterocycles. The van der Waals surface area contributed by atoms with Crippen LogP contribution in [0.25, 0.3) is 0 Å². The number of nitrogens with zero attached hydrogens (tertiary/aromatic N) is 2. The molecule has 1 atom stereocenters. The minimum absolute atomic E-state index is 0.0366. The molecule has 3 aromatic rings. The molecule has 2 amide bonds. The third-order valence-electron chi connectivity index (χ3n) is 6.38. The van der Waals surface area contributed by atoms with E-state index in [2.05, 4.69) is 5.32 Å². The van der Waals surface area contributed by atoms with Crippen molar-refractivity contribution in [2.75, 3.05) is 31.6 Å². The number of ether oxygens (including phenoxy) is 2. The van der Waals surface area contributed by atoms with Crippen molar-refractivity contribution < 1.29 is 31.9 Å². The summed E-state index contributed by atoms with van der Waals surface area (Å²) >= 11 is 0. The highest BCUT2D eigenvalue weighted by Crippen LogP contribution is 2.36. The lowest BCUT2D eigenvalue weighted by atomic mass is 10.1. The Kier molecular flexibility index (Phi) is 10.7. The van der Waals surface area contributed by atoms with Gasteiger partial charge in [0, 0.05) is 19.2 Å². The molecule has 0 radical (unpaired) electrons. The monoisotopic (exact) mass is 585 g/mol. The van der Waals surface area contributed by atoms with Gasteiger partial charge in [0.25, 0.3) is 10.0 Å². The Bertz CT molecular complexity index is 1430. The van der Waals surface area contributed by atoms with E-state index in [0.29, 0.717) is 17.9 Å². The minimum Gasteiger partial charge on any atom is -0.497 e. The molecule has 1 unspecified atom stereocenters. The topological polar surface area (TPSA) is 105 Å². The molecule has 0 saturated heterocycles. The number of nitrogens with one attached hydrogen (secondary N) is 1. The van der Waals surface area contributed by atoms with Crippen LogP contribution in [0.4, 0.5) is 10.1 Å². The Balaban J connectivity index is 2.08. The van der Waals surface area contributed by atoms with Crippen molar-refractivity contribution in [1.82, 2.24) is 10.2 Å². The van der Waals surface area contributed by atoms with Gasteiger partial charge in [-0.1, -0.05) is 44.2 Å². The van der Waals surface area contributed by atoms with E-state index in [1.165, 1.54) is 61.6 Å². The van der Waals surface area contributed by atoms with Gasteiger partial charge in [0.2, 0.25) is 11.8 Å². The highest BCUT2D eigenvalue weighted by molar-refractivity contribution is 7.92. The van der Waals surface area contributed by atoms with E-state index in [1.807, 2.05) is 13.8 Å². The van der Waals surface area contributed by atoms with Gasteiger partial charge in [-0.15, -0.1) is 0 Å². The third-order valence-corrected chi connectivity index (χ3v) is 8.16. The maximum absolute atomic E-state index is 14.0. The van der Waals surface area contributed by atoms with Crippen LogP contribution in [0.3, 0.4) is 0 Å². The summed E-state index contributed by atoms with van der Waals surface area (Å²) in [4.78, 5) is 28.3. The highest BCUT2D eigenvalue weighted by Gasteiger charge is 2.34. The summed E-state index contributed by atoms with van der Waals surface area (Å²) in [6.45, 7) is 5.16. The number of methoxy groups -OCH3 is 2. The normalized spacial score (nSPS) is 12.0. The van der Waals surface area contributed by atoms with Gasteiger partial charge < -0.3 is 19.7 Å². The quantitative estimate of drug-likeness (QED) is 0.322. The molecule has 220 valence electrons. The summed E-state index contributed by atoms with van der Waals surface area (Å²) in [7, 11) is -1.46. The molecule has 0 aliphatic heterocycles. The average molecular weight is 586 g/mol. The van der Waals surface area contributed by atoms with E-state index in [9.17, 15) is 22.4 Å². The predicted molar refractivity (Wildman–Crippen MR) is 155 cm³/mol. The van der Waals surface area contributed by atoms with Crippen LogP contribution in [-0.2, 0) is 26.2 Å². The fraction of sp³-hybridized carbons (Fsp3) is 0.333. The second kappa shape index (κ2) is 14.0. The van der Waals surface area contributed by atoms with Crippen LogP contribution in [0.1, 0.15) is 26.3 Å². The number of halogens is 1. The molecule has 1 N–H and O–H groups in total. The molecular weight excluding hydrogens is 549 g/mol. The molecule has 0 bridgehead atoms. The molecule has 9 nitrogen and oxygen atoms in total. The largest absolute Gasteiger partial charge is 0.497 e. The summed E-state index contributed by atoms with van der Waals surface area (Å²) in [6, 6.07) is 16.9. The first-order valence-electron chi connectivity index (χ1n) is 13.1. The summed E-state index contributed by atoms with van der Waals surface area (Å²) in [5.41, 5.74) is 0.655. The summed E-state index contributed by atoms with van der Waals surface area (Å²) < 4.78 is 53.3. The van der Waals surface area contributed by atoms with Crippen molar-refractivity contribution in [3.05, 3.63) is 84.2 Å². The number of carbonyl (C=O) groups is 2. The Labute approximate surface area is 240 Å². The molecule has 0 aliphatic carbocycles. The molecule has 0 fully saturated rings. The lowest BCUT2D eigenvalue weighted by Crippen LogP contribution is -2.51. The molecule has 0 heterocycles. The number of carbonyl (C=O) groups excluding carboxylic acids is 2. The van der Waals surface area contributed by atoms with Crippen molar-refractivity contribution in [3.63, 3.8) is 0 Å². The standard InChI is InChI=1S/C30H36FN3O6S/c1-21(2)18-32-30(36)22(3)33(19-23-11-13-24(31)14-12-23)29(35)20-34(41(37,38)26-9-7-6-8-10-26)27-17-25(39-4)15-16-28(27)40-5/h6-17,21-22H,18-20H2,1-5H3,(H,32,36). The maximum atomic E-state index is 14.0. The van der Waals surface area contributed by atoms with Gasteiger partial charge in [-0.2, -0.15) is 0 Å². The molecule has 0 spiro atoms. The zero-order valence-electron chi connectivity index (χ0n) is 23.8. The number of hydrogen-bond acceptors (Lipinski definition) is 6. The van der Waals surface area contributed by atoms with Crippen LogP contribution in [0, 0.1) is 11.7 Å². The van der Waals surface area contributed by atoms with E-state index in [0.717, 1.165) is 4.31 Å². The SMILES string of the molecule is COc1ccc(OC)c(N(CC(=O)N(Cc2ccc(F)cc2)C(C)C(=O)NCC(C)C)S(=O)(=O)c2ccccc2)c1. The maximum Gasteiger partial charge on any atom is 0.264 e. The smallest absolute Gasteiger partial charge is 0.264 e. The Morgan fingerprint density at radius 1 is 0.927 bits per heavy atom. The minimum atomic E-state index is -4.29. The number of benzene rings is 3. The second-order valence-electron chi connectivity index (χ2n) is 9.83. The predicted octanol–water partition coefficient (Wildman–Crippen LogP) is 4.23. The van der Waals surface area contributed by atoms with Gasteiger partial charge >= 0.3 is 0 Å². The van der Waals surface area contributed by atoms with Gasteiger partial charge in [-0.05, 0) is 54.8 Å². The average Bonchev–Trinajstić information content (AvgIpc) is 2.97. The number of anilines is 1. The van der Waals surface area contributed by atoms with Crippen LogP contribution in [0.15, 0.2) is 77.7 Å². The van der Waals surface area contributed by atoms with Gasteiger partial charge in [-0.25, -0.2) is 12.8 Å². The van der Waals surface area contributed by atoms with Crippen molar-refractivity contribution in [1.29, 1.82) is 0 Å². The fourth-order valence-corrected chi connectivity index (χ4v) is 5.48. The zero-order valence-corrected chi connectivity index (χ0v) is 24.7. The van der Waals surface area contributed by atoms with Gasteiger partial charge in [0.15, 0.2) is 0 Å². The Hall–Kier alpha value is -4.12. The molecule has 3 rings (SSSR count). The van der Waals surface area contributed by atoms with E-state index in [-0.39, 0.29) is 28.8 Å². The molecule has 41 heavy (non-hydrogen) atoms. The van der Waals surface area contributed by atoms with Crippen LogP contribution in [-0.4, -0.2) is 58.5 Å². The van der Waals surface area contributed by atoms with E-state index >= 15 is 0 Å². The highest BCUT2D eigenvalue weighted by atomic mass is 32.2. The lowest BCUT2D eigenvalue weighted by Gasteiger charge is -2.32. The molecule has 11 heteroatoms. The first-order valence-corrected chi connectivity index (χ1v) is 14.5. The molecular formula is C30H36FN3O6S. The van der Waals surface area contributed by atoms with Crippen LogP contribution >= 0.6 is 0 Å². The number of amides is 2. The molecule has 0 saturated carbocycles. The van der Waals surface area contributed by atoms with Gasteiger partial charge in [0.1, 0.15) is 29.9 Å². The Morgan fingerprint density at radius 2 is 1.59 bits per heavy atom.